The Hall–Kier alpha value is -2.87. The number of thiophene rings is 1. The highest BCUT2D eigenvalue weighted by atomic mass is 32.1. The molecule has 1 aromatic carbocycles. The van der Waals surface area contributed by atoms with Crippen LogP contribution in [0.15, 0.2) is 41.8 Å². The highest BCUT2D eigenvalue weighted by Gasteiger charge is 2.26. The summed E-state index contributed by atoms with van der Waals surface area (Å²) < 4.78 is 5.24. The summed E-state index contributed by atoms with van der Waals surface area (Å²) in [6.07, 6.45) is -0.567. The molecule has 29 heavy (non-hydrogen) atoms. The molecule has 1 aliphatic rings. The molecule has 7 nitrogen and oxygen atoms in total. The van der Waals surface area contributed by atoms with Crippen molar-refractivity contribution in [2.45, 2.75) is 26.4 Å². The van der Waals surface area contributed by atoms with Gasteiger partial charge in [-0.05, 0) is 50.4 Å². The Balaban J connectivity index is 1.58. The predicted octanol–water partition coefficient (Wildman–Crippen LogP) is 3.69. The molecule has 1 aromatic heterocycles. The molecule has 0 radical (unpaired) electrons. The number of carbonyl (C=O) groups excluding carboxylic acids is 3. The van der Waals surface area contributed by atoms with Crippen molar-refractivity contribution >= 4 is 34.9 Å². The lowest BCUT2D eigenvalue weighted by Crippen LogP contribution is -2.50. The number of amides is 3. The average Bonchev–Trinajstić information content (AvgIpc) is 3.20. The number of piperazine rings is 1. The van der Waals surface area contributed by atoms with E-state index >= 15 is 0 Å². The van der Waals surface area contributed by atoms with E-state index in [0.717, 1.165) is 0 Å². The zero-order valence-electron chi connectivity index (χ0n) is 16.8. The minimum absolute atomic E-state index is 0.00987. The first-order valence-electron chi connectivity index (χ1n) is 9.45. The smallest absolute Gasteiger partial charge is 0.412 e. The lowest BCUT2D eigenvalue weighted by molar-refractivity contribution is 0.0538. The molecule has 1 aliphatic heterocycles. The molecule has 0 saturated carbocycles. The minimum atomic E-state index is -0.599. The molecule has 2 heterocycles. The van der Waals surface area contributed by atoms with E-state index < -0.39 is 11.7 Å². The second kappa shape index (κ2) is 8.65. The first-order chi connectivity index (χ1) is 13.7. The number of hydrogen-bond donors (Lipinski definition) is 1. The maximum absolute atomic E-state index is 12.9. The van der Waals surface area contributed by atoms with Gasteiger partial charge in [0.1, 0.15) is 5.60 Å². The maximum Gasteiger partial charge on any atom is 0.412 e. The van der Waals surface area contributed by atoms with Crippen molar-refractivity contribution in [1.29, 1.82) is 0 Å². The summed E-state index contributed by atoms with van der Waals surface area (Å²) in [5.41, 5.74) is 0.380. The van der Waals surface area contributed by atoms with E-state index in [9.17, 15) is 14.4 Å². The zero-order chi connectivity index (χ0) is 21.0. The van der Waals surface area contributed by atoms with Crippen molar-refractivity contribution in [1.82, 2.24) is 9.80 Å². The average molecular weight is 416 g/mol. The molecule has 0 aliphatic carbocycles. The van der Waals surface area contributed by atoms with Gasteiger partial charge in [-0.1, -0.05) is 12.1 Å². The van der Waals surface area contributed by atoms with Crippen LogP contribution in [0.3, 0.4) is 0 Å². The number of carbonyl (C=O) groups is 3. The molecule has 0 atom stereocenters. The lowest BCUT2D eigenvalue weighted by Gasteiger charge is -2.34. The Morgan fingerprint density at radius 2 is 1.62 bits per heavy atom. The zero-order valence-corrected chi connectivity index (χ0v) is 17.6. The Morgan fingerprint density at radius 1 is 0.966 bits per heavy atom. The van der Waals surface area contributed by atoms with Gasteiger partial charge in [0.15, 0.2) is 0 Å². The van der Waals surface area contributed by atoms with Crippen LogP contribution in [0.1, 0.15) is 40.8 Å². The van der Waals surface area contributed by atoms with Gasteiger partial charge in [0.05, 0.1) is 4.88 Å². The van der Waals surface area contributed by atoms with Crippen molar-refractivity contribution < 1.29 is 19.1 Å². The van der Waals surface area contributed by atoms with Crippen LogP contribution in [-0.4, -0.2) is 59.5 Å². The van der Waals surface area contributed by atoms with Crippen molar-refractivity contribution in [2.75, 3.05) is 31.5 Å². The van der Waals surface area contributed by atoms with Gasteiger partial charge in [0.25, 0.3) is 11.8 Å². The molecule has 3 amide bonds. The van der Waals surface area contributed by atoms with Crippen LogP contribution in [0, 0.1) is 0 Å². The standard InChI is InChI=1S/C21H25N3O4S/c1-21(2,3)28-20(27)22-16-7-4-6-15(14-16)18(25)23-9-11-24(12-10-23)19(26)17-8-5-13-29-17/h4-8,13-14H,9-12H2,1-3H3,(H,22,27). The summed E-state index contributed by atoms with van der Waals surface area (Å²) in [7, 11) is 0. The van der Waals surface area contributed by atoms with E-state index in [-0.39, 0.29) is 11.8 Å². The molecule has 1 N–H and O–H groups in total. The normalized spacial score (nSPS) is 14.4. The van der Waals surface area contributed by atoms with Crippen molar-refractivity contribution in [2.24, 2.45) is 0 Å². The van der Waals surface area contributed by atoms with Crippen LogP contribution < -0.4 is 5.32 Å². The summed E-state index contributed by atoms with van der Waals surface area (Å²) in [6, 6.07) is 10.4. The van der Waals surface area contributed by atoms with Gasteiger partial charge < -0.3 is 14.5 Å². The Kier molecular flexibility index (Phi) is 6.22. The van der Waals surface area contributed by atoms with Gasteiger partial charge in [-0.3, -0.25) is 14.9 Å². The molecular weight excluding hydrogens is 390 g/mol. The van der Waals surface area contributed by atoms with E-state index in [4.69, 9.17) is 4.74 Å². The lowest BCUT2D eigenvalue weighted by atomic mass is 10.1. The second-order valence-corrected chi connectivity index (χ2v) is 8.72. The molecular formula is C21H25N3O4S. The number of nitrogens with one attached hydrogen (secondary N) is 1. The van der Waals surface area contributed by atoms with Crippen molar-refractivity contribution in [3.05, 3.63) is 52.2 Å². The molecule has 1 fully saturated rings. The first-order valence-corrected chi connectivity index (χ1v) is 10.3. The topological polar surface area (TPSA) is 79.0 Å². The number of rotatable bonds is 3. The highest BCUT2D eigenvalue weighted by Crippen LogP contribution is 2.18. The third kappa shape index (κ3) is 5.57. The van der Waals surface area contributed by atoms with Gasteiger partial charge in [0.2, 0.25) is 0 Å². The van der Waals surface area contributed by atoms with Crippen LogP contribution >= 0.6 is 11.3 Å². The van der Waals surface area contributed by atoms with Gasteiger partial charge in [-0.2, -0.15) is 0 Å². The molecule has 0 spiro atoms. The quantitative estimate of drug-likeness (QED) is 0.829. The number of anilines is 1. The summed E-state index contributed by atoms with van der Waals surface area (Å²) in [5.74, 6) is -0.114. The van der Waals surface area contributed by atoms with Gasteiger partial charge in [0, 0.05) is 37.4 Å². The molecule has 3 rings (SSSR count). The Bertz CT molecular complexity index is 882. The van der Waals surface area contributed by atoms with E-state index in [2.05, 4.69) is 5.32 Å². The van der Waals surface area contributed by atoms with Gasteiger partial charge in [-0.25, -0.2) is 4.79 Å². The van der Waals surface area contributed by atoms with E-state index in [1.165, 1.54) is 11.3 Å². The van der Waals surface area contributed by atoms with Crippen molar-refractivity contribution in [3.8, 4) is 0 Å². The number of nitrogens with zero attached hydrogens (tertiary/aromatic N) is 2. The Labute approximate surface area is 174 Å². The van der Waals surface area contributed by atoms with E-state index in [1.807, 2.05) is 17.5 Å². The fraction of sp³-hybridized carbons (Fsp3) is 0.381. The fourth-order valence-electron chi connectivity index (χ4n) is 3.00. The second-order valence-electron chi connectivity index (χ2n) is 7.77. The van der Waals surface area contributed by atoms with Crippen LogP contribution in [0.5, 0.6) is 0 Å². The van der Waals surface area contributed by atoms with E-state index in [1.54, 1.807) is 54.8 Å². The van der Waals surface area contributed by atoms with Gasteiger partial charge in [-0.15, -0.1) is 11.3 Å². The molecule has 2 aromatic rings. The number of hydrogen-bond acceptors (Lipinski definition) is 5. The third-order valence-electron chi connectivity index (χ3n) is 4.34. The minimum Gasteiger partial charge on any atom is -0.444 e. The summed E-state index contributed by atoms with van der Waals surface area (Å²) >= 11 is 1.42. The van der Waals surface area contributed by atoms with Gasteiger partial charge >= 0.3 is 6.09 Å². The maximum atomic E-state index is 12.9. The summed E-state index contributed by atoms with van der Waals surface area (Å²) in [5, 5.41) is 4.53. The largest absolute Gasteiger partial charge is 0.444 e. The first kappa shape index (κ1) is 20.9. The van der Waals surface area contributed by atoms with Crippen LogP contribution in [0.25, 0.3) is 0 Å². The van der Waals surface area contributed by atoms with Crippen molar-refractivity contribution in [3.63, 3.8) is 0 Å². The fourth-order valence-corrected chi connectivity index (χ4v) is 3.69. The Morgan fingerprint density at radius 3 is 2.21 bits per heavy atom. The van der Waals surface area contributed by atoms with Crippen LogP contribution in [0.4, 0.5) is 10.5 Å². The summed E-state index contributed by atoms with van der Waals surface area (Å²) in [4.78, 5) is 41.4. The van der Waals surface area contributed by atoms with E-state index in [0.29, 0.717) is 42.3 Å². The van der Waals surface area contributed by atoms with Crippen LogP contribution in [0.2, 0.25) is 0 Å². The molecule has 154 valence electrons. The third-order valence-corrected chi connectivity index (χ3v) is 5.20. The monoisotopic (exact) mass is 415 g/mol. The molecule has 0 unspecified atom stereocenters. The number of benzene rings is 1. The number of ether oxygens (including phenoxy) is 1. The molecule has 8 heteroatoms. The SMILES string of the molecule is CC(C)(C)OC(=O)Nc1cccc(C(=O)N2CCN(C(=O)c3cccs3)CC2)c1. The molecule has 1 saturated heterocycles. The summed E-state index contributed by atoms with van der Waals surface area (Å²) in [6.45, 7) is 7.30. The molecule has 0 bridgehead atoms. The highest BCUT2D eigenvalue weighted by molar-refractivity contribution is 7.12. The predicted molar refractivity (Wildman–Crippen MR) is 112 cm³/mol. The van der Waals surface area contributed by atoms with Crippen LogP contribution in [-0.2, 0) is 4.74 Å².